The molecule has 1 aliphatic heterocycles. The van der Waals surface area contributed by atoms with E-state index in [9.17, 15) is 9.59 Å². The minimum atomic E-state index is -0.427. The number of rotatable bonds is 6. The van der Waals surface area contributed by atoms with E-state index in [0.717, 1.165) is 28.9 Å². The van der Waals surface area contributed by atoms with E-state index in [4.69, 9.17) is 4.52 Å². The molecule has 7 nitrogen and oxygen atoms in total. The minimum absolute atomic E-state index is 0.101. The van der Waals surface area contributed by atoms with Crippen molar-refractivity contribution < 1.29 is 14.1 Å². The highest BCUT2D eigenvalue weighted by Crippen LogP contribution is 2.21. The zero-order valence-electron chi connectivity index (χ0n) is 21.3. The van der Waals surface area contributed by atoms with Gasteiger partial charge in [-0.25, -0.2) is 0 Å². The summed E-state index contributed by atoms with van der Waals surface area (Å²) in [5.74, 6) is 0.318. The van der Waals surface area contributed by atoms with Gasteiger partial charge in [-0.2, -0.15) is 0 Å². The third-order valence-electron chi connectivity index (χ3n) is 5.54. The highest BCUT2D eigenvalue weighted by Gasteiger charge is 2.34. The summed E-state index contributed by atoms with van der Waals surface area (Å²) in [6.45, 7) is 10.8. The van der Waals surface area contributed by atoms with Crippen LogP contribution in [0.25, 0.3) is 11.3 Å². The van der Waals surface area contributed by atoms with E-state index in [1.807, 2.05) is 66.1 Å². The monoisotopic (exact) mass is 466 g/mol. The van der Waals surface area contributed by atoms with Crippen molar-refractivity contribution >= 4 is 11.8 Å². The lowest BCUT2D eigenvalue weighted by atomic mass is 10.1. The molecule has 0 bridgehead atoms. The molecule has 3 aromatic rings. The first-order chi connectivity index (χ1) is 16.5. The van der Waals surface area contributed by atoms with Crippen molar-refractivity contribution in [1.29, 1.82) is 0 Å². The molecule has 0 radical (unpaired) electrons. The summed E-state index contributed by atoms with van der Waals surface area (Å²) >= 11 is 0. The predicted molar refractivity (Wildman–Crippen MR) is 135 cm³/mol. The Morgan fingerprint density at radius 3 is 2.41 bits per heavy atom. The summed E-state index contributed by atoms with van der Waals surface area (Å²) in [5, 5.41) is 6.80. The van der Waals surface area contributed by atoms with Gasteiger partial charge in [0.05, 0.1) is 12.1 Å². The SMILES string of the molecule is CC.CC.Cc1cc(CC(=O)N2CCCC2C(=O)NCc2ccc(-c3cccn3C)cc2)on1. The molecule has 34 heavy (non-hydrogen) atoms. The van der Waals surface area contributed by atoms with Crippen LogP contribution in [0, 0.1) is 6.92 Å². The number of nitrogens with zero attached hydrogens (tertiary/aromatic N) is 3. The molecular formula is C27H38N4O3. The second-order valence-corrected chi connectivity index (χ2v) is 7.78. The third-order valence-corrected chi connectivity index (χ3v) is 5.54. The largest absolute Gasteiger partial charge is 0.361 e. The van der Waals surface area contributed by atoms with Gasteiger partial charge in [0, 0.05) is 38.1 Å². The lowest BCUT2D eigenvalue weighted by Crippen LogP contribution is -2.46. The third kappa shape index (κ3) is 6.83. The zero-order chi connectivity index (χ0) is 25.1. The van der Waals surface area contributed by atoms with Gasteiger partial charge in [0.2, 0.25) is 11.8 Å². The second-order valence-electron chi connectivity index (χ2n) is 7.78. The van der Waals surface area contributed by atoms with Crippen molar-refractivity contribution in [2.45, 2.75) is 66.5 Å². The summed E-state index contributed by atoms with van der Waals surface area (Å²) in [7, 11) is 2.02. The average Bonchev–Trinajstić information content (AvgIpc) is 3.62. The van der Waals surface area contributed by atoms with E-state index in [0.29, 0.717) is 25.3 Å². The molecule has 2 amide bonds. The summed E-state index contributed by atoms with van der Waals surface area (Å²) in [6, 6.07) is 13.6. The molecule has 3 heterocycles. The van der Waals surface area contributed by atoms with Crippen LogP contribution in [0.4, 0.5) is 0 Å². The van der Waals surface area contributed by atoms with Crippen molar-refractivity contribution in [3.8, 4) is 11.3 Å². The van der Waals surface area contributed by atoms with Gasteiger partial charge in [0.1, 0.15) is 11.8 Å². The van der Waals surface area contributed by atoms with Crippen LogP contribution in [0.1, 0.15) is 57.6 Å². The van der Waals surface area contributed by atoms with E-state index in [1.165, 1.54) is 0 Å². The van der Waals surface area contributed by atoms with Crippen molar-refractivity contribution in [3.63, 3.8) is 0 Å². The fourth-order valence-electron chi connectivity index (χ4n) is 3.95. The van der Waals surface area contributed by atoms with Crippen molar-refractivity contribution in [3.05, 3.63) is 65.7 Å². The van der Waals surface area contributed by atoms with Gasteiger partial charge < -0.3 is 19.3 Å². The molecule has 1 aromatic carbocycles. The van der Waals surface area contributed by atoms with Crippen molar-refractivity contribution in [1.82, 2.24) is 19.9 Å². The molecule has 7 heteroatoms. The molecule has 2 aromatic heterocycles. The molecule has 1 fully saturated rings. The van der Waals surface area contributed by atoms with Crippen LogP contribution >= 0.6 is 0 Å². The number of nitrogens with one attached hydrogen (secondary N) is 1. The molecule has 184 valence electrons. The Morgan fingerprint density at radius 2 is 1.82 bits per heavy atom. The van der Waals surface area contributed by atoms with E-state index in [2.05, 4.69) is 33.2 Å². The molecule has 4 rings (SSSR count). The van der Waals surface area contributed by atoms with Gasteiger partial charge in [-0.1, -0.05) is 57.1 Å². The fourth-order valence-corrected chi connectivity index (χ4v) is 3.95. The van der Waals surface area contributed by atoms with Crippen LogP contribution in [0.3, 0.4) is 0 Å². The second kappa shape index (κ2) is 13.4. The first-order valence-corrected chi connectivity index (χ1v) is 12.2. The average molecular weight is 467 g/mol. The first kappa shape index (κ1) is 26.9. The Morgan fingerprint density at radius 1 is 1.12 bits per heavy atom. The van der Waals surface area contributed by atoms with Gasteiger partial charge in [-0.3, -0.25) is 9.59 Å². The van der Waals surface area contributed by atoms with Crippen LogP contribution in [0.2, 0.25) is 0 Å². The maximum atomic E-state index is 12.7. The Balaban J connectivity index is 0.000000970. The summed E-state index contributed by atoms with van der Waals surface area (Å²) in [4.78, 5) is 27.0. The highest BCUT2D eigenvalue weighted by atomic mass is 16.5. The van der Waals surface area contributed by atoms with Gasteiger partial charge in [-0.05, 0) is 43.0 Å². The Labute approximate surface area is 203 Å². The number of hydrogen-bond donors (Lipinski definition) is 1. The number of aryl methyl sites for hydroxylation is 2. The predicted octanol–water partition coefficient (Wildman–Crippen LogP) is 4.89. The van der Waals surface area contributed by atoms with Crippen LogP contribution < -0.4 is 5.32 Å². The summed E-state index contributed by atoms with van der Waals surface area (Å²) in [6.07, 6.45) is 3.65. The maximum absolute atomic E-state index is 12.7. The number of aromatic nitrogens is 2. The molecular weight excluding hydrogens is 428 g/mol. The molecule has 1 N–H and O–H groups in total. The van der Waals surface area contributed by atoms with Crippen molar-refractivity contribution in [2.75, 3.05) is 6.54 Å². The number of benzene rings is 1. The number of carbonyl (C=O) groups excluding carboxylic acids is 2. The quantitative estimate of drug-likeness (QED) is 0.561. The Bertz CT molecular complexity index is 1040. The van der Waals surface area contributed by atoms with Crippen LogP contribution in [0.15, 0.2) is 53.2 Å². The van der Waals surface area contributed by atoms with E-state index >= 15 is 0 Å². The molecule has 1 atom stereocenters. The standard InChI is InChI=1S/C23H26N4O3.2C2H6/c1-16-13-19(30-25-16)14-22(28)27-12-4-6-21(27)23(29)24-15-17-7-9-18(10-8-17)20-5-3-11-26(20)2;2*1-2/h3,5,7-11,13,21H,4,6,12,14-15H2,1-2H3,(H,24,29);2*1-2H3. The van der Waals surface area contributed by atoms with Gasteiger partial charge in [0.25, 0.3) is 0 Å². The molecule has 1 aliphatic rings. The van der Waals surface area contributed by atoms with Crippen LogP contribution in [-0.2, 0) is 29.6 Å². The number of likely N-dealkylation sites (tertiary alicyclic amines) is 1. The fraction of sp³-hybridized carbons (Fsp3) is 0.444. The number of carbonyl (C=O) groups is 2. The van der Waals surface area contributed by atoms with E-state index in [-0.39, 0.29) is 18.2 Å². The normalized spacial score (nSPS) is 14.5. The topological polar surface area (TPSA) is 80.4 Å². The van der Waals surface area contributed by atoms with Crippen LogP contribution in [0.5, 0.6) is 0 Å². The molecule has 1 unspecified atom stereocenters. The van der Waals surface area contributed by atoms with Gasteiger partial charge in [-0.15, -0.1) is 0 Å². The van der Waals surface area contributed by atoms with Crippen LogP contribution in [-0.4, -0.2) is 39.0 Å². The lowest BCUT2D eigenvalue weighted by molar-refractivity contribution is -0.138. The minimum Gasteiger partial charge on any atom is -0.361 e. The first-order valence-electron chi connectivity index (χ1n) is 12.2. The zero-order valence-corrected chi connectivity index (χ0v) is 21.3. The maximum Gasteiger partial charge on any atom is 0.243 e. The lowest BCUT2D eigenvalue weighted by Gasteiger charge is -2.23. The number of amides is 2. The molecule has 0 spiro atoms. The van der Waals surface area contributed by atoms with E-state index in [1.54, 1.807) is 11.0 Å². The van der Waals surface area contributed by atoms with Crippen molar-refractivity contribution in [2.24, 2.45) is 7.05 Å². The Kier molecular flexibility index (Phi) is 10.6. The Hall–Kier alpha value is -3.35. The molecule has 0 saturated carbocycles. The molecule has 1 saturated heterocycles. The number of hydrogen-bond acceptors (Lipinski definition) is 4. The van der Waals surface area contributed by atoms with E-state index < -0.39 is 6.04 Å². The smallest absolute Gasteiger partial charge is 0.243 e. The van der Waals surface area contributed by atoms with Gasteiger partial charge >= 0.3 is 0 Å². The van der Waals surface area contributed by atoms with Gasteiger partial charge in [0.15, 0.2) is 0 Å². The summed E-state index contributed by atoms with van der Waals surface area (Å²) in [5.41, 5.74) is 4.04. The molecule has 0 aliphatic carbocycles. The highest BCUT2D eigenvalue weighted by molar-refractivity contribution is 5.88. The summed E-state index contributed by atoms with van der Waals surface area (Å²) < 4.78 is 7.21.